The van der Waals surface area contributed by atoms with Gasteiger partial charge < -0.3 is 4.12 Å². The quantitative estimate of drug-likeness (QED) is 0.635. The second-order valence-electron chi connectivity index (χ2n) is 4.72. The summed E-state index contributed by atoms with van der Waals surface area (Å²) in [5, 5.41) is 0. The predicted octanol–water partition coefficient (Wildman–Crippen LogP) is 4.48. The molecule has 3 heteroatoms. The first kappa shape index (κ1) is 15.8. The van der Waals surface area contributed by atoms with Crippen molar-refractivity contribution in [3.05, 3.63) is 0 Å². The van der Waals surface area contributed by atoms with Gasteiger partial charge in [-0.15, -0.1) is 0 Å². The maximum absolute atomic E-state index is 6.14. The highest BCUT2D eigenvalue weighted by atomic mass is 28.4. The fourth-order valence-electron chi connectivity index (χ4n) is 1.48. The van der Waals surface area contributed by atoms with Crippen LogP contribution >= 0.6 is 0 Å². The van der Waals surface area contributed by atoms with Crippen LogP contribution in [-0.4, -0.2) is 16.6 Å². The minimum Gasteiger partial charge on any atom is -0.456 e. The van der Waals surface area contributed by atoms with Crippen molar-refractivity contribution in [2.75, 3.05) is 0 Å². The third-order valence-corrected chi connectivity index (χ3v) is 7.80. The summed E-state index contributed by atoms with van der Waals surface area (Å²) < 4.78 is 6.14. The van der Waals surface area contributed by atoms with Crippen LogP contribution in [0.15, 0.2) is 0 Å². The van der Waals surface area contributed by atoms with Crippen LogP contribution in [0.2, 0.25) is 38.8 Å². The molecule has 0 spiro atoms. The molecule has 0 saturated heterocycles. The third kappa shape index (κ3) is 12.4. The lowest BCUT2D eigenvalue weighted by molar-refractivity contribution is 0.546. The van der Waals surface area contributed by atoms with Crippen molar-refractivity contribution in [1.29, 1.82) is 0 Å². The van der Waals surface area contributed by atoms with Crippen molar-refractivity contribution in [3.63, 3.8) is 0 Å². The van der Waals surface area contributed by atoms with Gasteiger partial charge >= 0.3 is 0 Å². The molecule has 0 aliphatic carbocycles. The highest BCUT2D eigenvalue weighted by Gasteiger charge is 2.28. The van der Waals surface area contributed by atoms with Crippen LogP contribution in [0.4, 0.5) is 0 Å². The van der Waals surface area contributed by atoms with E-state index in [1.807, 2.05) is 13.8 Å². The summed E-state index contributed by atoms with van der Waals surface area (Å²) in [6.45, 7) is 17.7. The summed E-state index contributed by atoms with van der Waals surface area (Å²) in [5.41, 5.74) is 0. The van der Waals surface area contributed by atoms with Crippen LogP contribution in [0.3, 0.4) is 0 Å². The normalized spacial score (nSPS) is 12.0. The van der Waals surface area contributed by atoms with Crippen LogP contribution in [0.25, 0.3) is 0 Å². The summed E-state index contributed by atoms with van der Waals surface area (Å²) in [6, 6.07) is 1.30. The minimum absolute atomic E-state index is 1.27. The van der Waals surface area contributed by atoms with Crippen LogP contribution in [0.1, 0.15) is 27.2 Å². The summed E-state index contributed by atoms with van der Waals surface area (Å²) in [6.07, 6.45) is 1.27. The lowest BCUT2D eigenvalue weighted by Crippen LogP contribution is -2.41. The van der Waals surface area contributed by atoms with Crippen molar-refractivity contribution in [3.8, 4) is 0 Å². The Morgan fingerprint density at radius 2 is 1.31 bits per heavy atom. The van der Waals surface area contributed by atoms with E-state index in [2.05, 4.69) is 39.7 Å². The molecule has 0 aromatic rings. The van der Waals surface area contributed by atoms with Crippen LogP contribution in [0.5, 0.6) is 0 Å². The lowest BCUT2D eigenvalue weighted by atomic mass is 10.6. The average Bonchev–Trinajstić information content (AvgIpc) is 1.85. The molecule has 0 aliphatic rings. The molecule has 0 N–H and O–H groups in total. The SMILES string of the molecule is CC.CCC[Si](C)(C)O[Si](C)(C)C. The lowest BCUT2D eigenvalue weighted by Gasteiger charge is -2.31. The molecule has 0 unspecified atom stereocenters. The average molecular weight is 221 g/mol. The molecule has 0 amide bonds. The van der Waals surface area contributed by atoms with Crippen LogP contribution in [0, 0.1) is 0 Å². The van der Waals surface area contributed by atoms with Crippen LogP contribution < -0.4 is 0 Å². The van der Waals surface area contributed by atoms with Gasteiger partial charge in [0.25, 0.3) is 0 Å². The second-order valence-corrected chi connectivity index (χ2v) is 13.8. The van der Waals surface area contributed by atoms with Gasteiger partial charge in [0.1, 0.15) is 0 Å². The first-order valence-corrected chi connectivity index (χ1v) is 12.0. The van der Waals surface area contributed by atoms with Crippen molar-refractivity contribution in [2.24, 2.45) is 0 Å². The van der Waals surface area contributed by atoms with E-state index in [1.54, 1.807) is 0 Å². The summed E-state index contributed by atoms with van der Waals surface area (Å²) in [7, 11) is -2.55. The van der Waals surface area contributed by atoms with Crippen molar-refractivity contribution >= 4 is 16.6 Å². The van der Waals surface area contributed by atoms with E-state index >= 15 is 0 Å². The van der Waals surface area contributed by atoms with Gasteiger partial charge in [-0.1, -0.05) is 27.2 Å². The summed E-state index contributed by atoms with van der Waals surface area (Å²) >= 11 is 0. The first-order chi connectivity index (χ1) is 5.77. The van der Waals surface area contributed by atoms with E-state index in [0.717, 1.165) is 0 Å². The Balaban J connectivity index is 0. The standard InChI is InChI=1S/C8H22OSi2.C2H6/c1-7-8-11(5,6)9-10(2,3)4;1-2/h7-8H2,1-6H3;1-2H3. The van der Waals surface area contributed by atoms with Crippen LogP contribution in [-0.2, 0) is 4.12 Å². The maximum Gasteiger partial charge on any atom is 0.173 e. The molecule has 1 nitrogen and oxygen atoms in total. The number of hydrogen-bond acceptors (Lipinski definition) is 1. The Labute approximate surface area is 87.2 Å². The van der Waals surface area contributed by atoms with E-state index in [1.165, 1.54) is 12.5 Å². The first-order valence-electron chi connectivity index (χ1n) is 5.47. The van der Waals surface area contributed by atoms with E-state index in [-0.39, 0.29) is 0 Å². The Hall–Kier alpha value is 0.394. The highest BCUT2D eigenvalue weighted by Crippen LogP contribution is 2.19. The molecule has 0 aromatic heterocycles. The Kier molecular flexibility index (Phi) is 8.28. The van der Waals surface area contributed by atoms with Crippen molar-refractivity contribution < 1.29 is 4.12 Å². The fraction of sp³-hybridized carbons (Fsp3) is 1.00. The zero-order valence-electron chi connectivity index (χ0n) is 10.8. The zero-order chi connectivity index (χ0) is 11.1. The second kappa shape index (κ2) is 6.79. The summed E-state index contributed by atoms with van der Waals surface area (Å²) in [4.78, 5) is 0. The van der Waals surface area contributed by atoms with Gasteiger partial charge in [0.05, 0.1) is 0 Å². The zero-order valence-corrected chi connectivity index (χ0v) is 12.8. The molecular weight excluding hydrogens is 192 g/mol. The monoisotopic (exact) mass is 220 g/mol. The van der Waals surface area contributed by atoms with Crippen molar-refractivity contribution in [1.82, 2.24) is 0 Å². The molecule has 0 radical (unpaired) electrons. The molecule has 13 heavy (non-hydrogen) atoms. The smallest absolute Gasteiger partial charge is 0.173 e. The van der Waals surface area contributed by atoms with Crippen molar-refractivity contribution in [2.45, 2.75) is 66.0 Å². The predicted molar refractivity (Wildman–Crippen MR) is 68.4 cm³/mol. The molecule has 0 saturated carbocycles. The molecule has 0 bridgehead atoms. The Bertz CT molecular complexity index is 117. The number of hydrogen-bond donors (Lipinski definition) is 0. The van der Waals surface area contributed by atoms with Gasteiger partial charge in [-0.25, -0.2) is 0 Å². The fourth-order valence-corrected chi connectivity index (χ4v) is 9.73. The molecule has 0 atom stereocenters. The Morgan fingerprint density at radius 3 is 1.54 bits per heavy atom. The molecule has 0 fully saturated rings. The van der Waals surface area contributed by atoms with Gasteiger partial charge in [0, 0.05) is 0 Å². The summed E-state index contributed by atoms with van der Waals surface area (Å²) in [5.74, 6) is 0. The van der Waals surface area contributed by atoms with Gasteiger partial charge in [-0.05, 0) is 38.8 Å². The molecule has 0 heterocycles. The molecule has 82 valence electrons. The van der Waals surface area contributed by atoms with Gasteiger partial charge in [0.2, 0.25) is 0 Å². The number of rotatable bonds is 4. The molecule has 0 aliphatic heterocycles. The third-order valence-electron chi connectivity index (χ3n) is 1.43. The highest BCUT2D eigenvalue weighted by molar-refractivity contribution is 6.84. The van der Waals surface area contributed by atoms with E-state index in [0.29, 0.717) is 0 Å². The van der Waals surface area contributed by atoms with E-state index < -0.39 is 16.6 Å². The molecule has 0 rings (SSSR count). The largest absolute Gasteiger partial charge is 0.456 e. The van der Waals surface area contributed by atoms with Gasteiger partial charge in [-0.3, -0.25) is 0 Å². The molecular formula is C10H28OSi2. The topological polar surface area (TPSA) is 9.23 Å². The maximum atomic E-state index is 6.14. The minimum atomic E-state index is -1.28. The van der Waals surface area contributed by atoms with Gasteiger partial charge in [0.15, 0.2) is 16.6 Å². The van der Waals surface area contributed by atoms with E-state index in [4.69, 9.17) is 4.12 Å². The molecule has 0 aromatic carbocycles. The van der Waals surface area contributed by atoms with E-state index in [9.17, 15) is 0 Å². The Morgan fingerprint density at radius 1 is 0.923 bits per heavy atom. The van der Waals surface area contributed by atoms with Gasteiger partial charge in [-0.2, -0.15) is 0 Å².